The van der Waals surface area contributed by atoms with Crippen LogP contribution in [0.1, 0.15) is 5.76 Å². The molecule has 0 saturated carbocycles. The van der Waals surface area contributed by atoms with Crippen molar-refractivity contribution in [1.82, 2.24) is 0 Å². The number of fused-ring (bicyclic) bond motifs is 6. The molecule has 1 aromatic heterocycles. The third-order valence-electron chi connectivity index (χ3n) is 4.50. The topological polar surface area (TPSA) is 13.1 Å². The number of benzene rings is 4. The van der Waals surface area contributed by atoms with Crippen molar-refractivity contribution in [3.63, 3.8) is 0 Å². The van der Waals surface area contributed by atoms with E-state index in [1.165, 1.54) is 37.7 Å². The molecular formula is C21H14O. The van der Waals surface area contributed by atoms with Gasteiger partial charge in [-0.05, 0) is 63.5 Å². The average Bonchev–Trinajstić information content (AvgIpc) is 2.93. The predicted molar refractivity (Wildman–Crippen MR) is 93.5 cm³/mol. The Bertz CT molecular complexity index is 1180. The maximum atomic E-state index is 5.76. The highest BCUT2D eigenvalue weighted by Gasteiger charge is 2.08. The average molecular weight is 282 g/mol. The van der Waals surface area contributed by atoms with E-state index in [0.29, 0.717) is 0 Å². The van der Waals surface area contributed by atoms with Crippen LogP contribution < -0.4 is 0 Å². The van der Waals surface area contributed by atoms with E-state index < -0.39 is 0 Å². The van der Waals surface area contributed by atoms with Gasteiger partial charge in [-0.25, -0.2) is 0 Å². The monoisotopic (exact) mass is 282 g/mol. The van der Waals surface area contributed by atoms with Crippen LogP contribution in [-0.2, 0) is 0 Å². The Hall–Kier alpha value is -2.80. The van der Waals surface area contributed by atoms with E-state index in [-0.39, 0.29) is 0 Å². The molecule has 0 aliphatic carbocycles. The first-order valence-electron chi connectivity index (χ1n) is 7.54. The molecule has 0 N–H and O–H groups in total. The van der Waals surface area contributed by atoms with Gasteiger partial charge in [0.25, 0.3) is 0 Å². The van der Waals surface area contributed by atoms with Gasteiger partial charge in [0, 0.05) is 5.39 Å². The Kier molecular flexibility index (Phi) is 2.21. The van der Waals surface area contributed by atoms with Gasteiger partial charge in [0.15, 0.2) is 0 Å². The van der Waals surface area contributed by atoms with Gasteiger partial charge in [0.1, 0.15) is 11.3 Å². The first-order valence-corrected chi connectivity index (χ1v) is 7.54. The highest BCUT2D eigenvalue weighted by Crippen LogP contribution is 2.34. The first kappa shape index (κ1) is 11.8. The largest absolute Gasteiger partial charge is 0.461 e. The van der Waals surface area contributed by atoms with Crippen molar-refractivity contribution in [2.24, 2.45) is 0 Å². The summed E-state index contributed by atoms with van der Waals surface area (Å²) in [5.41, 5.74) is 0.963. The van der Waals surface area contributed by atoms with Crippen LogP contribution in [-0.4, -0.2) is 0 Å². The molecule has 22 heavy (non-hydrogen) atoms. The molecule has 1 heteroatoms. The Morgan fingerprint density at radius 3 is 2.18 bits per heavy atom. The quantitative estimate of drug-likeness (QED) is 0.243. The third-order valence-corrected chi connectivity index (χ3v) is 4.50. The lowest BCUT2D eigenvalue weighted by Gasteiger charge is -2.07. The summed E-state index contributed by atoms with van der Waals surface area (Å²) in [6.07, 6.45) is 0. The number of rotatable bonds is 0. The second-order valence-electron chi connectivity index (χ2n) is 5.92. The second-order valence-corrected chi connectivity index (χ2v) is 5.92. The molecule has 5 aromatic rings. The van der Waals surface area contributed by atoms with E-state index in [4.69, 9.17) is 4.42 Å². The second kappa shape index (κ2) is 4.11. The summed E-state index contributed by atoms with van der Waals surface area (Å²) in [6, 6.07) is 23.9. The summed E-state index contributed by atoms with van der Waals surface area (Å²) in [4.78, 5) is 0. The molecule has 0 aliphatic heterocycles. The van der Waals surface area contributed by atoms with Crippen LogP contribution in [0.4, 0.5) is 0 Å². The van der Waals surface area contributed by atoms with Crippen molar-refractivity contribution in [1.29, 1.82) is 0 Å². The van der Waals surface area contributed by atoms with Crippen LogP contribution in [0.2, 0.25) is 0 Å². The van der Waals surface area contributed by atoms with Crippen LogP contribution in [0.25, 0.3) is 43.3 Å². The lowest BCUT2D eigenvalue weighted by Crippen LogP contribution is -1.80. The van der Waals surface area contributed by atoms with Crippen LogP contribution in [0, 0.1) is 6.92 Å². The van der Waals surface area contributed by atoms with E-state index in [9.17, 15) is 0 Å². The Balaban J connectivity index is 2.01. The highest BCUT2D eigenvalue weighted by molar-refractivity contribution is 6.18. The van der Waals surface area contributed by atoms with E-state index >= 15 is 0 Å². The van der Waals surface area contributed by atoms with Gasteiger partial charge >= 0.3 is 0 Å². The third kappa shape index (κ3) is 1.54. The lowest BCUT2D eigenvalue weighted by atomic mass is 9.97. The fourth-order valence-corrected chi connectivity index (χ4v) is 3.48. The molecule has 0 atom stereocenters. The minimum Gasteiger partial charge on any atom is -0.461 e. The fourth-order valence-electron chi connectivity index (χ4n) is 3.48. The fraction of sp³-hybridized carbons (Fsp3) is 0.0476. The van der Waals surface area contributed by atoms with Crippen molar-refractivity contribution in [2.75, 3.05) is 0 Å². The molecule has 0 spiro atoms. The molecule has 0 amide bonds. The first-order chi connectivity index (χ1) is 10.8. The van der Waals surface area contributed by atoms with E-state index in [1.54, 1.807) is 0 Å². The van der Waals surface area contributed by atoms with Crippen molar-refractivity contribution in [3.8, 4) is 0 Å². The number of hydrogen-bond acceptors (Lipinski definition) is 1. The van der Waals surface area contributed by atoms with Crippen LogP contribution in [0.5, 0.6) is 0 Å². The number of furan rings is 1. The van der Waals surface area contributed by atoms with E-state index in [0.717, 1.165) is 11.3 Å². The summed E-state index contributed by atoms with van der Waals surface area (Å²) in [5.74, 6) is 0.959. The number of hydrogen-bond donors (Lipinski definition) is 0. The molecule has 0 radical (unpaired) electrons. The molecule has 4 aromatic carbocycles. The highest BCUT2D eigenvalue weighted by atomic mass is 16.3. The minimum absolute atomic E-state index is 0.959. The maximum Gasteiger partial charge on any atom is 0.134 e. The standard InChI is InChI=1S/C21H14O/c1-13-10-20-18-7-6-16-11-14-4-2-3-5-15(14)12-19(16)17(18)8-9-21(20)22-13/h2-12H,1H3. The Labute approximate surface area is 127 Å². The SMILES string of the molecule is Cc1cc2c(ccc3c4cc5ccccc5cc4ccc23)o1. The normalized spacial score (nSPS) is 11.9. The van der Waals surface area contributed by atoms with Gasteiger partial charge in [-0.15, -0.1) is 0 Å². The maximum absolute atomic E-state index is 5.76. The van der Waals surface area contributed by atoms with Crippen LogP contribution in [0.3, 0.4) is 0 Å². The molecule has 0 aliphatic rings. The zero-order valence-corrected chi connectivity index (χ0v) is 12.3. The molecule has 5 rings (SSSR count). The molecule has 1 heterocycles. The zero-order chi connectivity index (χ0) is 14.7. The predicted octanol–water partition coefficient (Wildman–Crippen LogP) is 6.20. The zero-order valence-electron chi connectivity index (χ0n) is 12.3. The van der Waals surface area contributed by atoms with Gasteiger partial charge in [0.2, 0.25) is 0 Å². The van der Waals surface area contributed by atoms with Crippen molar-refractivity contribution in [3.05, 3.63) is 72.5 Å². The van der Waals surface area contributed by atoms with Crippen LogP contribution in [0.15, 0.2) is 71.1 Å². The summed E-state index contributed by atoms with van der Waals surface area (Å²) in [6.45, 7) is 2.00. The van der Waals surface area contributed by atoms with Crippen LogP contribution >= 0.6 is 0 Å². The summed E-state index contributed by atoms with van der Waals surface area (Å²) >= 11 is 0. The van der Waals surface area contributed by atoms with E-state index in [2.05, 4.69) is 66.7 Å². The summed E-state index contributed by atoms with van der Waals surface area (Å²) in [5, 5.41) is 8.90. The smallest absolute Gasteiger partial charge is 0.134 e. The molecular weight excluding hydrogens is 268 g/mol. The summed E-state index contributed by atoms with van der Waals surface area (Å²) < 4.78 is 5.76. The molecule has 0 unspecified atom stereocenters. The molecule has 1 nitrogen and oxygen atoms in total. The van der Waals surface area contributed by atoms with Crippen molar-refractivity contribution < 1.29 is 4.42 Å². The minimum atomic E-state index is 0.959. The van der Waals surface area contributed by atoms with Gasteiger partial charge in [-0.3, -0.25) is 0 Å². The molecule has 0 saturated heterocycles. The van der Waals surface area contributed by atoms with Crippen molar-refractivity contribution >= 4 is 43.3 Å². The van der Waals surface area contributed by atoms with Crippen molar-refractivity contribution in [2.45, 2.75) is 6.92 Å². The Morgan fingerprint density at radius 1 is 0.591 bits per heavy atom. The molecule has 104 valence electrons. The number of aryl methyl sites for hydroxylation is 1. The lowest BCUT2D eigenvalue weighted by molar-refractivity contribution is 0.579. The molecule has 0 bridgehead atoms. The van der Waals surface area contributed by atoms with E-state index in [1.807, 2.05) is 6.92 Å². The van der Waals surface area contributed by atoms with Gasteiger partial charge < -0.3 is 4.42 Å². The van der Waals surface area contributed by atoms with Gasteiger partial charge in [0.05, 0.1) is 0 Å². The van der Waals surface area contributed by atoms with Gasteiger partial charge in [-0.1, -0.05) is 42.5 Å². The summed E-state index contributed by atoms with van der Waals surface area (Å²) in [7, 11) is 0. The Morgan fingerprint density at radius 2 is 1.32 bits per heavy atom. The molecule has 0 fully saturated rings. The van der Waals surface area contributed by atoms with Gasteiger partial charge in [-0.2, -0.15) is 0 Å².